The van der Waals surface area contributed by atoms with Crippen LogP contribution in [-0.2, 0) is 11.0 Å². The van der Waals surface area contributed by atoms with Gasteiger partial charge in [0.05, 0.1) is 25.1 Å². The van der Waals surface area contributed by atoms with Crippen LogP contribution >= 0.6 is 0 Å². The highest BCUT2D eigenvalue weighted by Gasteiger charge is 2.31. The molecule has 2 aromatic carbocycles. The van der Waals surface area contributed by atoms with Crippen LogP contribution in [-0.4, -0.2) is 29.1 Å². The summed E-state index contributed by atoms with van der Waals surface area (Å²) >= 11 is 0. The number of benzene rings is 2. The zero-order valence-electron chi connectivity index (χ0n) is 17.2. The van der Waals surface area contributed by atoms with Gasteiger partial charge in [0.15, 0.2) is 0 Å². The van der Waals surface area contributed by atoms with Crippen molar-refractivity contribution in [1.82, 2.24) is 10.3 Å². The number of nitrogens with zero attached hydrogens (tertiary/aromatic N) is 1. The molecule has 0 saturated heterocycles. The average molecular weight is 462 g/mol. The van der Waals surface area contributed by atoms with Crippen molar-refractivity contribution in [1.29, 1.82) is 0 Å². The number of alkyl halides is 3. The predicted molar refractivity (Wildman–Crippen MR) is 110 cm³/mol. The SMILES string of the molecule is COc1ccc(C(=O)N[C@@H](CC(=O)O)c2ccccc2F)nc1-c1cccc(C(F)(F)F)c1. The van der Waals surface area contributed by atoms with E-state index in [0.29, 0.717) is 0 Å². The predicted octanol–water partition coefficient (Wildman–Crippen LogP) is 4.86. The smallest absolute Gasteiger partial charge is 0.416 e. The zero-order chi connectivity index (χ0) is 24.2. The number of hydrogen-bond acceptors (Lipinski definition) is 4. The maximum Gasteiger partial charge on any atom is 0.416 e. The van der Waals surface area contributed by atoms with E-state index in [1.54, 1.807) is 0 Å². The van der Waals surface area contributed by atoms with Crippen molar-refractivity contribution in [3.63, 3.8) is 0 Å². The van der Waals surface area contributed by atoms with Crippen LogP contribution in [0.1, 0.15) is 34.1 Å². The molecule has 1 heterocycles. The molecule has 1 atom stereocenters. The standard InChI is InChI=1S/C23H18F4N2O4/c1-33-19-10-9-17(28-21(19)13-5-4-6-14(11-13)23(25,26)27)22(32)29-18(12-20(30)31)15-7-2-3-8-16(15)24/h2-11,18H,12H2,1H3,(H,29,32)(H,30,31)/t18-/m0/s1. The monoisotopic (exact) mass is 462 g/mol. The Morgan fingerprint density at radius 3 is 2.45 bits per heavy atom. The molecular weight excluding hydrogens is 444 g/mol. The molecule has 172 valence electrons. The molecule has 0 aliphatic heterocycles. The van der Waals surface area contributed by atoms with Gasteiger partial charge >= 0.3 is 12.1 Å². The van der Waals surface area contributed by atoms with E-state index in [1.807, 2.05) is 0 Å². The van der Waals surface area contributed by atoms with Crippen molar-refractivity contribution >= 4 is 11.9 Å². The molecule has 1 amide bonds. The van der Waals surface area contributed by atoms with Gasteiger partial charge in [-0.25, -0.2) is 9.37 Å². The molecule has 6 nitrogen and oxygen atoms in total. The fraction of sp³-hybridized carbons (Fsp3) is 0.174. The number of rotatable bonds is 7. The summed E-state index contributed by atoms with van der Waals surface area (Å²) in [5, 5.41) is 11.6. The Hall–Kier alpha value is -3.95. The summed E-state index contributed by atoms with van der Waals surface area (Å²) in [6.45, 7) is 0. The largest absolute Gasteiger partial charge is 0.494 e. The number of carbonyl (C=O) groups excluding carboxylic acids is 1. The first-order valence-corrected chi connectivity index (χ1v) is 9.60. The van der Waals surface area contributed by atoms with Gasteiger partial charge in [0.25, 0.3) is 5.91 Å². The van der Waals surface area contributed by atoms with Gasteiger partial charge < -0.3 is 15.2 Å². The number of nitrogens with one attached hydrogen (secondary N) is 1. The highest BCUT2D eigenvalue weighted by Crippen LogP contribution is 2.34. The van der Waals surface area contributed by atoms with Gasteiger partial charge in [-0.15, -0.1) is 0 Å². The van der Waals surface area contributed by atoms with Gasteiger partial charge in [-0.05, 0) is 30.3 Å². The Balaban J connectivity index is 1.97. The lowest BCUT2D eigenvalue weighted by Gasteiger charge is -2.18. The second-order valence-electron chi connectivity index (χ2n) is 6.97. The maximum absolute atomic E-state index is 14.2. The number of aliphatic carboxylic acids is 1. The van der Waals surface area contributed by atoms with E-state index in [1.165, 1.54) is 49.6 Å². The summed E-state index contributed by atoms with van der Waals surface area (Å²) in [4.78, 5) is 28.2. The molecule has 1 aromatic heterocycles. The molecule has 0 spiro atoms. The first-order valence-electron chi connectivity index (χ1n) is 9.60. The van der Waals surface area contributed by atoms with Crippen LogP contribution in [0.15, 0.2) is 60.7 Å². The molecule has 0 aliphatic carbocycles. The third-order valence-electron chi connectivity index (χ3n) is 4.74. The molecule has 0 saturated carbocycles. The summed E-state index contributed by atoms with van der Waals surface area (Å²) in [5.41, 5.74) is -1.10. The van der Waals surface area contributed by atoms with Crippen molar-refractivity contribution in [2.75, 3.05) is 7.11 Å². The number of hydrogen-bond donors (Lipinski definition) is 2. The van der Waals surface area contributed by atoms with Crippen LogP contribution in [0.4, 0.5) is 17.6 Å². The third kappa shape index (κ3) is 5.65. The topological polar surface area (TPSA) is 88.5 Å². The molecule has 10 heteroatoms. The van der Waals surface area contributed by atoms with Crippen LogP contribution < -0.4 is 10.1 Å². The number of carboxylic acid groups (broad SMARTS) is 1. The van der Waals surface area contributed by atoms with Gasteiger partial charge in [0.2, 0.25) is 0 Å². The highest BCUT2D eigenvalue weighted by molar-refractivity contribution is 5.93. The number of pyridine rings is 1. The summed E-state index contributed by atoms with van der Waals surface area (Å²) in [6, 6.07) is 11.2. The van der Waals surface area contributed by atoms with Gasteiger partial charge in [0, 0.05) is 11.1 Å². The number of ether oxygens (including phenoxy) is 1. The molecule has 0 fully saturated rings. The molecule has 0 unspecified atom stereocenters. The molecular formula is C23H18F4N2O4. The van der Waals surface area contributed by atoms with E-state index in [4.69, 9.17) is 4.74 Å². The van der Waals surface area contributed by atoms with Gasteiger partial charge in [-0.3, -0.25) is 9.59 Å². The normalized spacial score (nSPS) is 12.2. The van der Waals surface area contributed by atoms with E-state index in [-0.39, 0.29) is 28.3 Å². The van der Waals surface area contributed by atoms with Crippen LogP contribution in [0.2, 0.25) is 0 Å². The minimum absolute atomic E-state index is 0.0167. The minimum Gasteiger partial charge on any atom is -0.494 e. The van der Waals surface area contributed by atoms with E-state index in [2.05, 4.69) is 10.3 Å². The third-order valence-corrected chi connectivity index (χ3v) is 4.74. The Labute approximate surface area is 185 Å². The second-order valence-corrected chi connectivity index (χ2v) is 6.97. The van der Waals surface area contributed by atoms with Crippen LogP contribution in [0.25, 0.3) is 11.3 Å². The maximum atomic E-state index is 14.2. The molecule has 0 bridgehead atoms. The van der Waals surface area contributed by atoms with Crippen molar-refractivity contribution in [3.8, 4) is 17.0 Å². The fourth-order valence-corrected chi connectivity index (χ4v) is 3.19. The van der Waals surface area contributed by atoms with Crippen LogP contribution in [0.5, 0.6) is 5.75 Å². The quantitative estimate of drug-likeness (QED) is 0.490. The van der Waals surface area contributed by atoms with Crippen LogP contribution in [0, 0.1) is 5.82 Å². The van der Waals surface area contributed by atoms with Crippen molar-refractivity contribution < 1.29 is 37.0 Å². The molecule has 2 N–H and O–H groups in total. The first-order chi connectivity index (χ1) is 15.6. The van der Waals surface area contributed by atoms with E-state index >= 15 is 0 Å². The zero-order valence-corrected chi connectivity index (χ0v) is 17.2. The molecule has 0 aliphatic rings. The molecule has 33 heavy (non-hydrogen) atoms. The average Bonchev–Trinajstić information content (AvgIpc) is 2.77. The summed E-state index contributed by atoms with van der Waals surface area (Å²) < 4.78 is 58.7. The Morgan fingerprint density at radius 1 is 1.09 bits per heavy atom. The van der Waals surface area contributed by atoms with E-state index in [9.17, 15) is 32.3 Å². The number of aromatic nitrogens is 1. The second kappa shape index (κ2) is 9.68. The van der Waals surface area contributed by atoms with Crippen molar-refractivity contribution in [2.45, 2.75) is 18.6 Å². The van der Waals surface area contributed by atoms with Crippen molar-refractivity contribution in [3.05, 3.63) is 83.3 Å². The Morgan fingerprint density at radius 2 is 1.82 bits per heavy atom. The molecule has 3 aromatic rings. The Bertz CT molecular complexity index is 1180. The Kier molecular flexibility index (Phi) is 6.95. The van der Waals surface area contributed by atoms with E-state index in [0.717, 1.165) is 18.2 Å². The number of amides is 1. The van der Waals surface area contributed by atoms with Gasteiger partial charge in [-0.2, -0.15) is 13.2 Å². The number of methoxy groups -OCH3 is 1. The number of carbonyl (C=O) groups is 2. The molecule has 3 rings (SSSR count). The first kappa shape index (κ1) is 23.7. The van der Waals surface area contributed by atoms with Gasteiger partial charge in [-0.1, -0.05) is 30.3 Å². The fourth-order valence-electron chi connectivity index (χ4n) is 3.19. The number of carboxylic acids is 1. The summed E-state index contributed by atoms with van der Waals surface area (Å²) in [7, 11) is 1.30. The van der Waals surface area contributed by atoms with E-state index < -0.39 is 41.9 Å². The highest BCUT2D eigenvalue weighted by atomic mass is 19.4. The summed E-state index contributed by atoms with van der Waals surface area (Å²) in [5.74, 6) is -2.67. The lowest BCUT2D eigenvalue weighted by molar-refractivity contribution is -0.138. The van der Waals surface area contributed by atoms with Gasteiger partial charge in [0.1, 0.15) is 23.0 Å². The van der Waals surface area contributed by atoms with Crippen molar-refractivity contribution in [2.24, 2.45) is 0 Å². The lowest BCUT2D eigenvalue weighted by Crippen LogP contribution is -2.31. The minimum atomic E-state index is -4.58. The number of halogens is 4. The summed E-state index contributed by atoms with van der Waals surface area (Å²) in [6.07, 6.45) is -5.18. The molecule has 0 radical (unpaired) electrons. The van der Waals surface area contributed by atoms with Crippen LogP contribution in [0.3, 0.4) is 0 Å². The lowest BCUT2D eigenvalue weighted by atomic mass is 10.0.